The van der Waals surface area contributed by atoms with Crippen molar-refractivity contribution in [2.75, 3.05) is 6.61 Å². The quantitative estimate of drug-likeness (QED) is 0.550. The molecule has 2 heterocycles. The lowest BCUT2D eigenvalue weighted by atomic mass is 10.2. The predicted molar refractivity (Wildman–Crippen MR) is 89.0 cm³/mol. The van der Waals surface area contributed by atoms with E-state index in [0.29, 0.717) is 17.9 Å². The first-order chi connectivity index (χ1) is 11.6. The van der Waals surface area contributed by atoms with Crippen LogP contribution in [-0.4, -0.2) is 22.9 Å². The minimum absolute atomic E-state index is 0.0383. The van der Waals surface area contributed by atoms with Crippen molar-refractivity contribution in [1.82, 2.24) is 4.57 Å². The fourth-order valence-corrected chi connectivity index (χ4v) is 3.16. The van der Waals surface area contributed by atoms with Gasteiger partial charge in [0.1, 0.15) is 5.58 Å². The Morgan fingerprint density at radius 2 is 2.12 bits per heavy atom. The maximum atomic E-state index is 12.5. The van der Waals surface area contributed by atoms with Gasteiger partial charge in [0.15, 0.2) is 10.6 Å². The number of ether oxygens (including phenoxy) is 1. The Kier molecular flexibility index (Phi) is 4.61. The van der Waals surface area contributed by atoms with E-state index in [-0.39, 0.29) is 35.3 Å². The molecule has 0 fully saturated rings. The smallest absolute Gasteiger partial charge is 0.311 e. The van der Waals surface area contributed by atoms with Crippen molar-refractivity contribution < 1.29 is 18.7 Å². The van der Waals surface area contributed by atoms with Crippen LogP contribution in [0.5, 0.6) is 0 Å². The number of esters is 1. The van der Waals surface area contributed by atoms with Crippen LogP contribution >= 0.6 is 11.3 Å². The average Bonchev–Trinajstić information content (AvgIpc) is 3.13. The van der Waals surface area contributed by atoms with Crippen molar-refractivity contribution in [3.05, 3.63) is 52.0 Å². The zero-order valence-corrected chi connectivity index (χ0v) is 13.9. The molecule has 24 heavy (non-hydrogen) atoms. The van der Waals surface area contributed by atoms with Crippen molar-refractivity contribution >= 4 is 34.1 Å². The van der Waals surface area contributed by atoms with Crippen LogP contribution in [0.1, 0.15) is 23.2 Å². The van der Waals surface area contributed by atoms with E-state index < -0.39 is 0 Å². The van der Waals surface area contributed by atoms with Gasteiger partial charge < -0.3 is 13.7 Å². The molecule has 6 nitrogen and oxygen atoms in total. The second-order valence-electron chi connectivity index (χ2n) is 5.17. The molecule has 1 aromatic carbocycles. The first-order valence-corrected chi connectivity index (χ1v) is 8.35. The van der Waals surface area contributed by atoms with E-state index in [1.807, 2.05) is 18.2 Å². The molecule has 1 N–H and O–H groups in total. The number of nitrogens with one attached hydrogen (secondary N) is 1. The molecular formula is C17H16N2O4S. The molecule has 0 spiro atoms. The van der Waals surface area contributed by atoms with E-state index in [1.165, 1.54) is 15.9 Å². The van der Waals surface area contributed by atoms with E-state index in [2.05, 4.69) is 0 Å². The summed E-state index contributed by atoms with van der Waals surface area (Å²) in [6, 6.07) is 9.08. The van der Waals surface area contributed by atoms with Gasteiger partial charge in [-0.1, -0.05) is 18.2 Å². The van der Waals surface area contributed by atoms with Gasteiger partial charge in [0.05, 0.1) is 19.6 Å². The number of aromatic nitrogens is 1. The van der Waals surface area contributed by atoms with Crippen LogP contribution in [0.3, 0.4) is 0 Å². The van der Waals surface area contributed by atoms with Crippen molar-refractivity contribution in [3.8, 4) is 0 Å². The summed E-state index contributed by atoms with van der Waals surface area (Å²) >= 11 is 1.17. The highest BCUT2D eigenvalue weighted by Gasteiger charge is 2.17. The molecule has 0 saturated carbocycles. The lowest BCUT2D eigenvalue weighted by Crippen LogP contribution is -2.23. The number of nitrogens with zero attached hydrogens (tertiary/aromatic N) is 1. The Morgan fingerprint density at radius 1 is 1.33 bits per heavy atom. The van der Waals surface area contributed by atoms with Gasteiger partial charge >= 0.3 is 5.97 Å². The summed E-state index contributed by atoms with van der Waals surface area (Å²) in [5.41, 5.74) is 1.24. The second kappa shape index (κ2) is 6.84. The summed E-state index contributed by atoms with van der Waals surface area (Å²) in [6.07, 6.45) is 0.0383. The van der Waals surface area contributed by atoms with E-state index in [4.69, 9.17) is 14.6 Å². The number of hydrogen-bond donors (Lipinski definition) is 1. The van der Waals surface area contributed by atoms with Gasteiger partial charge in [0.2, 0.25) is 5.78 Å². The molecule has 3 rings (SSSR count). The third-order valence-corrected chi connectivity index (χ3v) is 4.36. The Labute approximate surface area is 141 Å². The zero-order chi connectivity index (χ0) is 17.1. The molecule has 0 aliphatic heterocycles. The van der Waals surface area contributed by atoms with Gasteiger partial charge in [-0.2, -0.15) is 0 Å². The summed E-state index contributed by atoms with van der Waals surface area (Å²) in [6.45, 7) is 1.99. The molecule has 124 valence electrons. The number of hydrogen-bond acceptors (Lipinski definition) is 6. The SMILES string of the molecule is CCOC(=O)Cc1csc(=N)n1CC(=O)c1cc2ccccc2o1. The summed E-state index contributed by atoms with van der Waals surface area (Å²) in [5, 5.41) is 10.5. The summed E-state index contributed by atoms with van der Waals surface area (Å²) in [5.74, 6) is -0.371. The van der Waals surface area contributed by atoms with E-state index in [9.17, 15) is 9.59 Å². The van der Waals surface area contributed by atoms with Gasteiger partial charge in [-0.25, -0.2) is 0 Å². The highest BCUT2D eigenvalue weighted by Crippen LogP contribution is 2.19. The monoisotopic (exact) mass is 344 g/mol. The Bertz CT molecular complexity index is 918. The Balaban J connectivity index is 1.82. The maximum Gasteiger partial charge on any atom is 0.311 e. The summed E-state index contributed by atoms with van der Waals surface area (Å²) in [4.78, 5) is 24.3. The number of fused-ring (bicyclic) bond motifs is 1. The molecule has 0 aliphatic carbocycles. The molecule has 0 radical (unpaired) electrons. The predicted octanol–water partition coefficient (Wildman–Crippen LogP) is 2.76. The lowest BCUT2D eigenvalue weighted by Gasteiger charge is -2.06. The Hall–Kier alpha value is -2.67. The number of para-hydroxylation sites is 1. The lowest BCUT2D eigenvalue weighted by molar-refractivity contribution is -0.142. The van der Waals surface area contributed by atoms with Crippen molar-refractivity contribution in [1.29, 1.82) is 5.41 Å². The van der Waals surface area contributed by atoms with Crippen LogP contribution in [0.25, 0.3) is 11.0 Å². The number of rotatable bonds is 6. The molecule has 2 aromatic heterocycles. The third-order valence-electron chi connectivity index (χ3n) is 3.53. The van der Waals surface area contributed by atoms with Gasteiger partial charge in [0, 0.05) is 16.5 Å². The maximum absolute atomic E-state index is 12.5. The number of carbonyl (C=O) groups excluding carboxylic acids is 2. The number of carbonyl (C=O) groups is 2. The van der Waals surface area contributed by atoms with Crippen LogP contribution < -0.4 is 4.80 Å². The van der Waals surface area contributed by atoms with E-state index in [1.54, 1.807) is 24.4 Å². The van der Waals surface area contributed by atoms with Crippen LogP contribution in [0.15, 0.2) is 40.1 Å². The number of Topliss-reactive ketones (excluding diaryl/α,β-unsaturated/α-hetero) is 1. The van der Waals surface area contributed by atoms with E-state index in [0.717, 1.165) is 5.39 Å². The van der Waals surface area contributed by atoms with E-state index >= 15 is 0 Å². The van der Waals surface area contributed by atoms with Crippen molar-refractivity contribution in [2.24, 2.45) is 0 Å². The number of benzene rings is 1. The van der Waals surface area contributed by atoms with Crippen LogP contribution in [-0.2, 0) is 22.5 Å². The largest absolute Gasteiger partial charge is 0.466 e. The minimum atomic E-state index is -0.375. The first kappa shape index (κ1) is 16.2. The fourth-order valence-electron chi connectivity index (χ4n) is 2.39. The standard InChI is InChI=1S/C17H16N2O4S/c1-2-22-16(21)8-12-10-24-17(18)19(12)9-13(20)15-7-11-5-3-4-6-14(11)23-15/h3-7,10,18H,2,8-9H2,1H3. The zero-order valence-electron chi connectivity index (χ0n) is 13.1. The molecule has 7 heteroatoms. The number of thiazole rings is 1. The van der Waals surface area contributed by atoms with Crippen molar-refractivity contribution in [3.63, 3.8) is 0 Å². The normalized spacial score (nSPS) is 10.9. The second-order valence-corrected chi connectivity index (χ2v) is 6.03. The van der Waals surface area contributed by atoms with Crippen molar-refractivity contribution in [2.45, 2.75) is 19.9 Å². The third kappa shape index (κ3) is 3.30. The highest BCUT2D eigenvalue weighted by molar-refractivity contribution is 7.07. The molecule has 3 aromatic rings. The molecule has 0 unspecified atom stereocenters. The van der Waals surface area contributed by atoms with Gasteiger partial charge in [-0.15, -0.1) is 11.3 Å². The van der Waals surface area contributed by atoms with Gasteiger partial charge in [-0.05, 0) is 19.1 Å². The molecule has 0 bridgehead atoms. The number of furan rings is 1. The topological polar surface area (TPSA) is 85.3 Å². The average molecular weight is 344 g/mol. The molecular weight excluding hydrogens is 328 g/mol. The molecule has 0 amide bonds. The molecule has 0 atom stereocenters. The summed E-state index contributed by atoms with van der Waals surface area (Å²) < 4.78 is 12.0. The number of ketones is 1. The van der Waals surface area contributed by atoms with Gasteiger partial charge in [-0.3, -0.25) is 15.0 Å². The highest BCUT2D eigenvalue weighted by atomic mass is 32.1. The molecule has 0 aliphatic rings. The Morgan fingerprint density at radius 3 is 2.88 bits per heavy atom. The van der Waals surface area contributed by atoms with Crippen LogP contribution in [0.2, 0.25) is 0 Å². The van der Waals surface area contributed by atoms with Gasteiger partial charge in [0.25, 0.3) is 0 Å². The summed E-state index contributed by atoms with van der Waals surface area (Å²) in [7, 11) is 0. The minimum Gasteiger partial charge on any atom is -0.466 e. The van der Waals surface area contributed by atoms with Crippen LogP contribution in [0, 0.1) is 5.41 Å². The molecule has 0 saturated heterocycles. The van der Waals surface area contributed by atoms with Crippen LogP contribution in [0.4, 0.5) is 0 Å². The first-order valence-electron chi connectivity index (χ1n) is 7.47. The fraction of sp³-hybridized carbons (Fsp3) is 0.235.